The normalized spacial score (nSPS) is 12.9. The van der Waals surface area contributed by atoms with Crippen LogP contribution in [0.3, 0.4) is 0 Å². The molecule has 1 N–H and O–H groups in total. The van der Waals surface area contributed by atoms with Gasteiger partial charge in [-0.15, -0.1) is 11.3 Å². The van der Waals surface area contributed by atoms with E-state index in [0.29, 0.717) is 15.6 Å². The molecule has 0 bridgehead atoms. The van der Waals surface area contributed by atoms with E-state index >= 15 is 0 Å². The van der Waals surface area contributed by atoms with E-state index in [4.69, 9.17) is 4.74 Å². The lowest BCUT2D eigenvalue weighted by Crippen LogP contribution is -2.16. The number of aliphatic hydroxyl groups is 1. The second-order valence-electron chi connectivity index (χ2n) is 4.55. The molecule has 1 aromatic heterocycles. The number of thiazole rings is 1. The minimum atomic E-state index is -3.11. The fourth-order valence-electron chi connectivity index (χ4n) is 1.47. The summed E-state index contributed by atoms with van der Waals surface area (Å²) in [6, 6.07) is 0. The predicted molar refractivity (Wildman–Crippen MR) is 71.2 cm³/mol. The Morgan fingerprint density at radius 1 is 1.44 bits per heavy atom. The average Bonchev–Trinajstić information content (AvgIpc) is 2.60. The topological polar surface area (TPSA) is 76.5 Å². The smallest absolute Gasteiger partial charge is 0.156 e. The van der Waals surface area contributed by atoms with Crippen LogP contribution in [0.1, 0.15) is 36.3 Å². The van der Waals surface area contributed by atoms with Crippen LogP contribution in [-0.4, -0.2) is 31.4 Å². The zero-order valence-corrected chi connectivity index (χ0v) is 12.7. The summed E-state index contributed by atoms with van der Waals surface area (Å²) in [5, 5.41) is 10.5. The van der Waals surface area contributed by atoms with Crippen molar-refractivity contribution in [3.63, 3.8) is 0 Å². The molecule has 0 atom stereocenters. The van der Waals surface area contributed by atoms with Crippen LogP contribution in [0.2, 0.25) is 0 Å². The summed E-state index contributed by atoms with van der Waals surface area (Å²) in [5.41, 5.74) is -0.434. The lowest BCUT2D eigenvalue weighted by molar-refractivity contribution is 0.0782. The van der Waals surface area contributed by atoms with Gasteiger partial charge in [-0.2, -0.15) is 0 Å². The number of hydrogen-bond acceptors (Lipinski definition) is 6. The maximum atomic E-state index is 11.6. The van der Waals surface area contributed by atoms with Crippen molar-refractivity contribution in [2.75, 3.05) is 12.9 Å². The molecule has 0 aliphatic carbocycles. The number of hydrogen-bond donors (Lipinski definition) is 1. The SMILES string of the molecule is CCS(=O)(=O)Cc1nc(COC)c(C(C)(C)O)s1. The van der Waals surface area contributed by atoms with Crippen molar-refractivity contribution >= 4 is 21.2 Å². The van der Waals surface area contributed by atoms with Gasteiger partial charge in [0.25, 0.3) is 0 Å². The summed E-state index contributed by atoms with van der Waals surface area (Å²) in [7, 11) is -1.57. The van der Waals surface area contributed by atoms with Crippen LogP contribution < -0.4 is 0 Å². The summed E-state index contributed by atoms with van der Waals surface area (Å²) in [6.45, 7) is 5.17. The minimum absolute atomic E-state index is 0.0824. The van der Waals surface area contributed by atoms with Crippen LogP contribution in [0.25, 0.3) is 0 Å². The highest BCUT2D eigenvalue weighted by Crippen LogP contribution is 2.31. The van der Waals surface area contributed by atoms with Crippen molar-refractivity contribution in [3.05, 3.63) is 15.6 Å². The van der Waals surface area contributed by atoms with Crippen LogP contribution in [0, 0.1) is 0 Å². The molecule has 0 radical (unpaired) electrons. The number of methoxy groups -OCH3 is 1. The molecule has 1 heterocycles. The Balaban J connectivity index is 3.11. The summed E-state index contributed by atoms with van der Waals surface area (Å²) < 4.78 is 28.2. The van der Waals surface area contributed by atoms with Crippen molar-refractivity contribution in [3.8, 4) is 0 Å². The minimum Gasteiger partial charge on any atom is -0.385 e. The molecule has 7 heteroatoms. The average molecular weight is 293 g/mol. The Morgan fingerprint density at radius 2 is 2.06 bits per heavy atom. The molecule has 0 amide bonds. The van der Waals surface area contributed by atoms with Gasteiger partial charge >= 0.3 is 0 Å². The molecule has 0 saturated heterocycles. The molecule has 5 nitrogen and oxygen atoms in total. The molecule has 0 fully saturated rings. The first-order valence-corrected chi connectivity index (χ1v) is 8.24. The monoisotopic (exact) mass is 293 g/mol. The van der Waals surface area contributed by atoms with Gasteiger partial charge in [0.15, 0.2) is 9.84 Å². The lowest BCUT2D eigenvalue weighted by Gasteiger charge is -2.16. The zero-order chi connectivity index (χ0) is 14.0. The first-order valence-electron chi connectivity index (χ1n) is 5.60. The molecule has 0 aliphatic heterocycles. The zero-order valence-electron chi connectivity index (χ0n) is 11.1. The van der Waals surface area contributed by atoms with Crippen LogP contribution in [-0.2, 0) is 32.5 Å². The van der Waals surface area contributed by atoms with Gasteiger partial charge in [-0.3, -0.25) is 0 Å². The van der Waals surface area contributed by atoms with Gasteiger partial charge in [-0.25, -0.2) is 13.4 Å². The van der Waals surface area contributed by atoms with Gasteiger partial charge in [-0.1, -0.05) is 6.92 Å². The molecular weight excluding hydrogens is 274 g/mol. The highest BCUT2D eigenvalue weighted by Gasteiger charge is 2.26. The Morgan fingerprint density at radius 3 is 2.50 bits per heavy atom. The summed E-state index contributed by atoms with van der Waals surface area (Å²) >= 11 is 1.23. The molecule has 1 rings (SSSR count). The molecule has 0 unspecified atom stereocenters. The van der Waals surface area contributed by atoms with Gasteiger partial charge in [0.2, 0.25) is 0 Å². The van der Waals surface area contributed by atoms with Crippen LogP contribution in [0.4, 0.5) is 0 Å². The Hall–Kier alpha value is -0.500. The van der Waals surface area contributed by atoms with E-state index in [0.717, 1.165) is 0 Å². The van der Waals surface area contributed by atoms with E-state index < -0.39 is 15.4 Å². The van der Waals surface area contributed by atoms with Gasteiger partial charge < -0.3 is 9.84 Å². The van der Waals surface area contributed by atoms with Crippen LogP contribution in [0.5, 0.6) is 0 Å². The first kappa shape index (κ1) is 15.6. The lowest BCUT2D eigenvalue weighted by atomic mass is 10.1. The molecule has 1 aromatic rings. The second kappa shape index (κ2) is 5.64. The van der Waals surface area contributed by atoms with E-state index in [1.54, 1.807) is 20.8 Å². The molecule has 0 saturated carbocycles. The summed E-state index contributed by atoms with van der Waals surface area (Å²) in [5.74, 6) is 0.00496. The quantitative estimate of drug-likeness (QED) is 0.859. The second-order valence-corrected chi connectivity index (χ2v) is 7.99. The molecule has 0 aromatic carbocycles. The third-order valence-corrected chi connectivity index (χ3v) is 5.55. The van der Waals surface area contributed by atoms with Gasteiger partial charge in [0.05, 0.1) is 22.8 Å². The number of aromatic nitrogens is 1. The highest BCUT2D eigenvalue weighted by atomic mass is 32.2. The van der Waals surface area contributed by atoms with Gasteiger partial charge in [0, 0.05) is 12.9 Å². The number of nitrogens with zero attached hydrogens (tertiary/aromatic N) is 1. The fourth-order valence-corrected chi connectivity index (χ4v) is 3.75. The standard InChI is InChI=1S/C11H19NO4S2/c1-5-18(14,15)7-9-12-8(6-16-4)10(17-9)11(2,3)13/h13H,5-7H2,1-4H3. The van der Waals surface area contributed by atoms with Gasteiger partial charge in [0.1, 0.15) is 10.8 Å². The van der Waals surface area contributed by atoms with E-state index in [9.17, 15) is 13.5 Å². The number of ether oxygens (including phenoxy) is 1. The molecule has 18 heavy (non-hydrogen) atoms. The molecule has 0 spiro atoms. The van der Waals surface area contributed by atoms with Crippen molar-refractivity contribution in [1.82, 2.24) is 4.98 Å². The van der Waals surface area contributed by atoms with E-state index in [2.05, 4.69) is 4.98 Å². The molecular formula is C11H19NO4S2. The summed E-state index contributed by atoms with van der Waals surface area (Å²) in [6.07, 6.45) is 0. The maximum Gasteiger partial charge on any atom is 0.156 e. The Labute approximate surface area is 112 Å². The van der Waals surface area contributed by atoms with E-state index in [1.807, 2.05) is 0 Å². The largest absolute Gasteiger partial charge is 0.385 e. The number of sulfone groups is 1. The first-order chi connectivity index (χ1) is 8.19. The van der Waals surface area contributed by atoms with Crippen LogP contribution in [0.15, 0.2) is 0 Å². The third kappa shape index (κ3) is 4.01. The molecule has 104 valence electrons. The van der Waals surface area contributed by atoms with E-state index in [1.165, 1.54) is 18.4 Å². The number of rotatable bonds is 6. The Bertz CT molecular complexity index is 500. The Kier molecular flexibility index (Phi) is 4.88. The van der Waals surface area contributed by atoms with Crippen molar-refractivity contribution in [2.24, 2.45) is 0 Å². The predicted octanol–water partition coefficient (Wildman–Crippen LogP) is 1.45. The summed E-state index contributed by atoms with van der Waals surface area (Å²) in [4.78, 5) is 4.91. The van der Waals surface area contributed by atoms with Crippen LogP contribution >= 0.6 is 11.3 Å². The maximum absolute atomic E-state index is 11.6. The van der Waals surface area contributed by atoms with Gasteiger partial charge in [-0.05, 0) is 13.8 Å². The third-order valence-electron chi connectivity index (χ3n) is 2.36. The van der Waals surface area contributed by atoms with Crippen molar-refractivity contribution in [1.29, 1.82) is 0 Å². The highest BCUT2D eigenvalue weighted by molar-refractivity contribution is 7.90. The van der Waals surface area contributed by atoms with Crippen molar-refractivity contribution in [2.45, 2.75) is 38.7 Å². The van der Waals surface area contributed by atoms with E-state index in [-0.39, 0.29) is 18.1 Å². The fraction of sp³-hybridized carbons (Fsp3) is 0.727. The van der Waals surface area contributed by atoms with Crippen molar-refractivity contribution < 1.29 is 18.3 Å². The molecule has 0 aliphatic rings.